The first-order valence-electron chi connectivity index (χ1n) is 32.2. The molecule has 6 unspecified atom stereocenters. The van der Waals surface area contributed by atoms with E-state index in [2.05, 4.69) is 118 Å². The molecular weight excluding hydrogens is 1020 g/mol. The van der Waals surface area contributed by atoms with Crippen molar-refractivity contribution in [3.05, 3.63) is 97.2 Å². The predicted octanol–water partition coefficient (Wildman–Crippen LogP) is 17.2. The zero-order chi connectivity index (χ0) is 58.9. The number of carbonyl (C=O) groups excluding carboxylic acids is 3. The summed E-state index contributed by atoms with van der Waals surface area (Å²) in [6.45, 7) is 5.82. The molecule has 12 heteroatoms. The molecule has 1 heterocycles. The minimum atomic E-state index is -1.91. The Morgan fingerprint density at radius 2 is 0.778 bits per heavy atom. The van der Waals surface area contributed by atoms with Gasteiger partial charge in [0.15, 0.2) is 24.6 Å². The van der Waals surface area contributed by atoms with Crippen LogP contribution < -0.4 is 0 Å². The number of ether oxygens (including phenoxy) is 5. The van der Waals surface area contributed by atoms with Gasteiger partial charge in [-0.15, -0.1) is 0 Å². The summed E-state index contributed by atoms with van der Waals surface area (Å²) in [6, 6.07) is 0. The second-order valence-corrected chi connectivity index (χ2v) is 21.7. The van der Waals surface area contributed by atoms with E-state index >= 15 is 0 Å². The molecule has 0 radical (unpaired) electrons. The Hall–Kier alpha value is -4.36. The molecule has 0 aromatic rings. The number of allylic oxidation sites excluding steroid dienone is 16. The van der Waals surface area contributed by atoms with Gasteiger partial charge in [0.25, 0.3) is 0 Å². The first-order chi connectivity index (χ1) is 39.6. The fourth-order valence-corrected chi connectivity index (χ4v) is 9.18. The zero-order valence-electron chi connectivity index (χ0n) is 51.0. The number of carboxylic acids is 1. The van der Waals surface area contributed by atoms with E-state index in [4.69, 9.17) is 23.7 Å². The van der Waals surface area contributed by atoms with Crippen LogP contribution in [0.5, 0.6) is 0 Å². The molecule has 0 aromatic carbocycles. The Labute approximate surface area is 492 Å². The topological polar surface area (TPSA) is 175 Å². The molecular formula is C69H114O12. The average Bonchev–Trinajstić information content (AvgIpc) is 3.45. The molecule has 0 aromatic heterocycles. The Bertz CT molecular complexity index is 1780. The van der Waals surface area contributed by atoms with Crippen molar-refractivity contribution in [1.82, 2.24) is 0 Å². The Kier molecular flexibility index (Phi) is 51.7. The molecule has 12 nitrogen and oxygen atoms in total. The van der Waals surface area contributed by atoms with Gasteiger partial charge in [-0.2, -0.15) is 0 Å². The van der Waals surface area contributed by atoms with E-state index in [1.54, 1.807) is 0 Å². The number of esters is 3. The van der Waals surface area contributed by atoms with Gasteiger partial charge in [0.1, 0.15) is 18.8 Å². The largest absolute Gasteiger partial charge is 0.479 e. The van der Waals surface area contributed by atoms with Gasteiger partial charge in [0.05, 0.1) is 6.61 Å². The maximum atomic E-state index is 13.2. The lowest BCUT2D eigenvalue weighted by atomic mass is 9.98. The predicted molar refractivity (Wildman–Crippen MR) is 331 cm³/mol. The summed E-state index contributed by atoms with van der Waals surface area (Å²) in [5.74, 6) is -3.18. The van der Waals surface area contributed by atoms with E-state index < -0.39 is 67.3 Å². The summed E-state index contributed by atoms with van der Waals surface area (Å²) >= 11 is 0. The van der Waals surface area contributed by atoms with E-state index in [0.717, 1.165) is 128 Å². The molecule has 6 atom stereocenters. The van der Waals surface area contributed by atoms with Crippen molar-refractivity contribution < 1.29 is 58.2 Å². The average molecular weight is 1140 g/mol. The monoisotopic (exact) mass is 1130 g/mol. The van der Waals surface area contributed by atoms with Gasteiger partial charge in [-0.05, 0) is 122 Å². The molecule has 0 amide bonds. The van der Waals surface area contributed by atoms with Crippen LogP contribution in [-0.2, 0) is 42.9 Å². The first-order valence-corrected chi connectivity index (χ1v) is 32.2. The molecule has 81 heavy (non-hydrogen) atoms. The highest BCUT2D eigenvalue weighted by Gasteiger charge is 2.50. The Morgan fingerprint density at radius 3 is 1.23 bits per heavy atom. The third-order valence-corrected chi connectivity index (χ3v) is 14.1. The third kappa shape index (κ3) is 45.8. The van der Waals surface area contributed by atoms with Crippen molar-refractivity contribution in [2.24, 2.45) is 0 Å². The van der Waals surface area contributed by atoms with Gasteiger partial charge in [-0.1, -0.05) is 221 Å². The van der Waals surface area contributed by atoms with Gasteiger partial charge >= 0.3 is 23.9 Å². The molecule has 462 valence electrons. The number of aliphatic hydroxyl groups excluding tert-OH is 2. The van der Waals surface area contributed by atoms with Gasteiger partial charge in [-0.25, -0.2) is 4.79 Å². The van der Waals surface area contributed by atoms with E-state index in [1.165, 1.54) is 77.0 Å². The number of aliphatic hydroxyl groups is 2. The van der Waals surface area contributed by atoms with Crippen molar-refractivity contribution in [2.75, 3.05) is 13.2 Å². The number of carbonyl (C=O) groups is 4. The van der Waals surface area contributed by atoms with Crippen LogP contribution in [0.1, 0.15) is 265 Å². The maximum Gasteiger partial charge on any atom is 0.335 e. The maximum absolute atomic E-state index is 13.2. The van der Waals surface area contributed by atoms with Gasteiger partial charge in [0.2, 0.25) is 0 Å². The lowest BCUT2D eigenvalue weighted by Gasteiger charge is -2.40. The molecule has 3 N–H and O–H groups in total. The van der Waals surface area contributed by atoms with Crippen LogP contribution in [0, 0.1) is 0 Å². The van der Waals surface area contributed by atoms with Crippen LogP contribution in [0.2, 0.25) is 0 Å². The second-order valence-electron chi connectivity index (χ2n) is 21.7. The molecule has 1 saturated heterocycles. The van der Waals surface area contributed by atoms with Crippen LogP contribution >= 0.6 is 0 Å². The molecule has 1 aliphatic heterocycles. The molecule has 1 aliphatic rings. The number of carboxylic acid groups (broad SMARTS) is 1. The van der Waals surface area contributed by atoms with E-state index in [1.807, 2.05) is 0 Å². The summed E-state index contributed by atoms with van der Waals surface area (Å²) in [5.41, 5.74) is 0. The van der Waals surface area contributed by atoms with Crippen molar-refractivity contribution in [3.63, 3.8) is 0 Å². The number of unbranched alkanes of at least 4 members (excludes halogenated alkanes) is 24. The molecule has 0 saturated carbocycles. The van der Waals surface area contributed by atoms with Crippen LogP contribution in [0.25, 0.3) is 0 Å². The van der Waals surface area contributed by atoms with Gasteiger partial charge in [0, 0.05) is 19.3 Å². The fourth-order valence-electron chi connectivity index (χ4n) is 9.18. The van der Waals surface area contributed by atoms with Crippen LogP contribution in [0.15, 0.2) is 97.2 Å². The lowest BCUT2D eigenvalue weighted by Crippen LogP contribution is -2.61. The minimum absolute atomic E-state index is 0.0480. The van der Waals surface area contributed by atoms with Gasteiger partial charge < -0.3 is 39.0 Å². The molecule has 0 aliphatic carbocycles. The summed E-state index contributed by atoms with van der Waals surface area (Å²) < 4.78 is 28.5. The van der Waals surface area contributed by atoms with E-state index in [0.29, 0.717) is 19.3 Å². The number of hydrogen-bond donors (Lipinski definition) is 3. The highest BCUT2D eigenvalue weighted by atomic mass is 16.7. The molecule has 0 bridgehead atoms. The van der Waals surface area contributed by atoms with Crippen LogP contribution in [0.3, 0.4) is 0 Å². The standard InChI is InChI=1S/C69H114O12/c1-4-7-10-13-16-19-22-25-27-29-31-33-35-38-40-43-46-49-52-55-61(70)77-58-60(79-62(71)56-53-50-47-44-41-37-24-21-18-15-12-9-6-3)59-78-69-67(65(74)64(73)66(81-69)68(75)76)80-63(72)57-54-51-48-45-42-39-36-34-32-30-28-26-23-20-17-14-11-8-5-2/h7,10,16-17,19-21,24-28,31,33,38,40,60,64-67,69,73-74H,4-6,8-9,11-15,18,22-23,29-30,32,34-37,39,41-59H2,1-3H3,(H,75,76)/b10-7-,19-16-,20-17-,24-21-,27-25-,28-26-,33-31-,40-38-. The summed E-state index contributed by atoms with van der Waals surface area (Å²) in [5, 5.41) is 31.6. The summed E-state index contributed by atoms with van der Waals surface area (Å²) in [4.78, 5) is 51.3. The third-order valence-electron chi connectivity index (χ3n) is 14.1. The normalized spacial score (nSPS) is 18.4. The number of aliphatic carboxylic acids is 1. The van der Waals surface area contributed by atoms with Crippen LogP contribution in [0.4, 0.5) is 0 Å². The van der Waals surface area contributed by atoms with Crippen molar-refractivity contribution >= 4 is 23.9 Å². The lowest BCUT2D eigenvalue weighted by molar-refractivity contribution is -0.301. The minimum Gasteiger partial charge on any atom is -0.479 e. The Morgan fingerprint density at radius 1 is 0.420 bits per heavy atom. The van der Waals surface area contributed by atoms with Crippen LogP contribution in [-0.4, -0.2) is 89.2 Å². The van der Waals surface area contributed by atoms with Crippen molar-refractivity contribution in [3.8, 4) is 0 Å². The number of hydrogen-bond acceptors (Lipinski definition) is 11. The van der Waals surface area contributed by atoms with Gasteiger partial charge in [-0.3, -0.25) is 14.4 Å². The number of rotatable bonds is 54. The first kappa shape index (κ1) is 74.7. The molecule has 0 spiro atoms. The van der Waals surface area contributed by atoms with E-state index in [9.17, 15) is 34.5 Å². The fraction of sp³-hybridized carbons (Fsp3) is 0.710. The van der Waals surface area contributed by atoms with E-state index in [-0.39, 0.29) is 25.9 Å². The SMILES string of the molecule is CC/C=C\C/C=C\C/C=C\C/C=C\C/C=C\CCCCCC(=O)OCC(COC1OC(C(=O)O)C(O)C(O)C1OC(=O)CCCCCCCCCCC/C=C\C/C=C\CCCCC)OC(=O)CCCCCCC/C=C\CCCCCC. The Balaban J connectivity index is 2.67. The summed E-state index contributed by atoms with van der Waals surface area (Å²) in [6.07, 6.45) is 62.2. The van der Waals surface area contributed by atoms with Crippen molar-refractivity contribution in [2.45, 2.75) is 302 Å². The second kappa shape index (κ2) is 56.1. The molecule has 1 fully saturated rings. The smallest absolute Gasteiger partial charge is 0.335 e. The zero-order valence-corrected chi connectivity index (χ0v) is 51.0. The summed E-state index contributed by atoms with van der Waals surface area (Å²) in [7, 11) is 0. The highest BCUT2D eigenvalue weighted by molar-refractivity contribution is 5.74. The molecule has 1 rings (SSSR count). The highest BCUT2D eigenvalue weighted by Crippen LogP contribution is 2.26. The quantitative estimate of drug-likeness (QED) is 0.0228. The van der Waals surface area contributed by atoms with Crippen molar-refractivity contribution in [1.29, 1.82) is 0 Å².